The van der Waals surface area contributed by atoms with Crippen molar-refractivity contribution in [1.29, 1.82) is 0 Å². The van der Waals surface area contributed by atoms with Crippen molar-refractivity contribution in [2.24, 2.45) is 5.92 Å². The number of halogens is 1. The summed E-state index contributed by atoms with van der Waals surface area (Å²) in [6, 6.07) is 10.8. The molecule has 1 saturated carbocycles. The Kier molecular flexibility index (Phi) is 5.61. The van der Waals surface area contributed by atoms with E-state index in [4.69, 9.17) is 5.11 Å². The van der Waals surface area contributed by atoms with E-state index in [2.05, 4.69) is 56.2 Å². The van der Waals surface area contributed by atoms with Crippen LogP contribution in [0.4, 0.5) is 0 Å². The van der Waals surface area contributed by atoms with Crippen LogP contribution in [-0.4, -0.2) is 21.0 Å². The first-order chi connectivity index (χ1) is 11.6. The van der Waals surface area contributed by atoms with Gasteiger partial charge in [0.1, 0.15) is 6.33 Å². The van der Waals surface area contributed by atoms with Gasteiger partial charge in [0.2, 0.25) is 0 Å². The van der Waals surface area contributed by atoms with E-state index < -0.39 is 5.97 Å². The summed E-state index contributed by atoms with van der Waals surface area (Å²) in [4.78, 5) is 19.2. The van der Waals surface area contributed by atoms with Gasteiger partial charge in [-0.1, -0.05) is 43.2 Å². The van der Waals surface area contributed by atoms with Crippen molar-refractivity contribution < 1.29 is 9.90 Å². The highest BCUT2D eigenvalue weighted by Gasteiger charge is 2.24. The van der Waals surface area contributed by atoms with Crippen molar-refractivity contribution in [3.8, 4) is 0 Å². The van der Waals surface area contributed by atoms with E-state index in [0.29, 0.717) is 16.3 Å². The quantitative estimate of drug-likeness (QED) is 0.795. The smallest absolute Gasteiger partial charge is 0.355 e. The maximum absolute atomic E-state index is 11.2. The van der Waals surface area contributed by atoms with Crippen molar-refractivity contribution in [2.75, 3.05) is 0 Å². The van der Waals surface area contributed by atoms with Gasteiger partial charge in [0, 0.05) is 0 Å². The van der Waals surface area contributed by atoms with E-state index in [1.165, 1.54) is 37.6 Å². The Bertz CT molecular complexity index is 706. The fraction of sp³-hybridized carbons (Fsp3) is 0.421. The molecule has 1 aliphatic rings. The van der Waals surface area contributed by atoms with Gasteiger partial charge >= 0.3 is 5.97 Å². The highest BCUT2D eigenvalue weighted by Crippen LogP contribution is 2.38. The van der Waals surface area contributed by atoms with E-state index in [-0.39, 0.29) is 5.69 Å². The average molecular weight is 389 g/mol. The van der Waals surface area contributed by atoms with E-state index >= 15 is 0 Å². The molecule has 5 heteroatoms. The standard InChI is InChI=1S/C19H21BrN2O2/c20-17-16(21-12-22-18(17)19(23)24)10-9-13-5-4-8-15(11-13)14-6-2-1-3-7-14/h1-3,6-7,12-13,15H,4-5,8-11H2,(H,23,24)/t13-,15-/m1/s1. The second-order valence-corrected chi connectivity index (χ2v) is 7.26. The SMILES string of the molecule is O=C(O)c1ncnc(CC[C@H]2CCC[C@@H](c3ccccc3)C2)c1Br. The molecule has 24 heavy (non-hydrogen) atoms. The molecule has 3 rings (SSSR count). The number of benzene rings is 1. The number of hydrogen-bond donors (Lipinski definition) is 1. The zero-order chi connectivity index (χ0) is 16.9. The summed E-state index contributed by atoms with van der Waals surface area (Å²) in [6.07, 6.45) is 8.15. The molecule has 0 saturated heterocycles. The van der Waals surface area contributed by atoms with Gasteiger partial charge in [-0.05, 0) is 59.0 Å². The van der Waals surface area contributed by atoms with Crippen molar-refractivity contribution in [3.05, 3.63) is 58.1 Å². The van der Waals surface area contributed by atoms with E-state index in [1.807, 2.05) is 0 Å². The fourth-order valence-electron chi connectivity index (χ4n) is 3.65. The second kappa shape index (κ2) is 7.88. The van der Waals surface area contributed by atoms with Crippen LogP contribution in [0.15, 0.2) is 41.1 Å². The average Bonchev–Trinajstić information content (AvgIpc) is 2.61. The monoisotopic (exact) mass is 388 g/mol. The molecule has 0 spiro atoms. The predicted molar refractivity (Wildman–Crippen MR) is 96.2 cm³/mol. The summed E-state index contributed by atoms with van der Waals surface area (Å²) in [5.74, 6) is 0.291. The first kappa shape index (κ1) is 17.1. The molecule has 1 aliphatic carbocycles. The third kappa shape index (κ3) is 4.01. The van der Waals surface area contributed by atoms with Crippen LogP contribution in [0.2, 0.25) is 0 Å². The number of aromatic nitrogens is 2. The summed E-state index contributed by atoms with van der Waals surface area (Å²) in [5, 5.41) is 9.15. The zero-order valence-electron chi connectivity index (χ0n) is 13.5. The Morgan fingerprint density at radius 1 is 1.21 bits per heavy atom. The van der Waals surface area contributed by atoms with Crippen molar-refractivity contribution in [1.82, 2.24) is 9.97 Å². The third-order valence-corrected chi connectivity index (χ3v) is 5.74. The van der Waals surface area contributed by atoms with Crippen LogP contribution in [0.5, 0.6) is 0 Å². The highest BCUT2D eigenvalue weighted by atomic mass is 79.9. The summed E-state index contributed by atoms with van der Waals surface area (Å²) >= 11 is 3.35. The van der Waals surface area contributed by atoms with Gasteiger partial charge in [-0.15, -0.1) is 0 Å². The van der Waals surface area contributed by atoms with Crippen LogP contribution in [0.1, 0.15) is 59.8 Å². The van der Waals surface area contributed by atoms with E-state index in [1.54, 1.807) is 0 Å². The second-order valence-electron chi connectivity index (χ2n) is 6.47. The maximum atomic E-state index is 11.2. The molecular weight excluding hydrogens is 368 g/mol. The molecule has 4 nitrogen and oxygen atoms in total. The highest BCUT2D eigenvalue weighted by molar-refractivity contribution is 9.10. The molecule has 2 atom stereocenters. The van der Waals surface area contributed by atoms with Crippen LogP contribution in [0, 0.1) is 5.92 Å². The molecule has 1 aromatic heterocycles. The number of nitrogens with zero attached hydrogens (tertiary/aromatic N) is 2. The lowest BCUT2D eigenvalue weighted by Gasteiger charge is -2.29. The molecule has 1 aromatic carbocycles. The Labute approximate surface area is 150 Å². The van der Waals surface area contributed by atoms with E-state index in [9.17, 15) is 4.79 Å². The van der Waals surface area contributed by atoms with Crippen molar-refractivity contribution in [2.45, 2.75) is 44.4 Å². The molecule has 0 unspecified atom stereocenters. The predicted octanol–water partition coefficient (Wildman–Crippen LogP) is 4.84. The first-order valence-electron chi connectivity index (χ1n) is 8.42. The van der Waals surface area contributed by atoms with Gasteiger partial charge in [-0.3, -0.25) is 0 Å². The first-order valence-corrected chi connectivity index (χ1v) is 9.22. The number of carboxylic acids is 1. The Morgan fingerprint density at radius 2 is 2.00 bits per heavy atom. The minimum absolute atomic E-state index is 0.0470. The topological polar surface area (TPSA) is 63.1 Å². The van der Waals surface area contributed by atoms with Gasteiger partial charge in [0.25, 0.3) is 0 Å². The fourth-order valence-corrected chi connectivity index (χ4v) is 4.22. The number of hydrogen-bond acceptors (Lipinski definition) is 3. The number of carbonyl (C=O) groups is 1. The van der Waals surface area contributed by atoms with Gasteiger partial charge in [0.15, 0.2) is 5.69 Å². The van der Waals surface area contributed by atoms with Crippen LogP contribution in [0.25, 0.3) is 0 Å². The maximum Gasteiger partial charge on any atom is 0.355 e. The van der Waals surface area contributed by atoms with Crippen LogP contribution < -0.4 is 0 Å². The van der Waals surface area contributed by atoms with Gasteiger partial charge in [-0.2, -0.15) is 0 Å². The lowest BCUT2D eigenvalue weighted by molar-refractivity contribution is 0.0689. The molecule has 0 aliphatic heterocycles. The van der Waals surface area contributed by atoms with Crippen LogP contribution in [-0.2, 0) is 6.42 Å². The molecule has 0 amide bonds. The molecule has 2 aromatic rings. The molecular formula is C19H21BrN2O2. The van der Waals surface area contributed by atoms with Gasteiger partial charge in [-0.25, -0.2) is 14.8 Å². The van der Waals surface area contributed by atoms with Crippen LogP contribution >= 0.6 is 15.9 Å². The van der Waals surface area contributed by atoms with Crippen LogP contribution in [0.3, 0.4) is 0 Å². The van der Waals surface area contributed by atoms with Gasteiger partial charge in [0.05, 0.1) is 10.2 Å². The number of carboxylic acid groups (broad SMARTS) is 1. The third-order valence-electron chi connectivity index (χ3n) is 4.91. The number of rotatable bonds is 5. The molecule has 1 N–H and O–H groups in total. The van der Waals surface area contributed by atoms with E-state index in [0.717, 1.165) is 18.5 Å². The number of aromatic carboxylic acids is 1. The molecule has 1 heterocycles. The molecule has 1 fully saturated rings. The Morgan fingerprint density at radius 3 is 2.75 bits per heavy atom. The summed E-state index contributed by atoms with van der Waals surface area (Å²) in [5.41, 5.74) is 2.29. The molecule has 0 radical (unpaired) electrons. The van der Waals surface area contributed by atoms with Crippen molar-refractivity contribution in [3.63, 3.8) is 0 Å². The molecule has 126 valence electrons. The van der Waals surface area contributed by atoms with Crippen molar-refractivity contribution >= 4 is 21.9 Å². The number of aryl methyl sites for hydroxylation is 1. The minimum Gasteiger partial charge on any atom is -0.476 e. The minimum atomic E-state index is -1.02. The van der Waals surface area contributed by atoms with Gasteiger partial charge < -0.3 is 5.11 Å². The lowest BCUT2D eigenvalue weighted by atomic mass is 9.76. The molecule has 0 bridgehead atoms. The Balaban J connectivity index is 1.63. The lowest BCUT2D eigenvalue weighted by Crippen LogP contribution is -2.15. The Hall–Kier alpha value is -1.75. The largest absolute Gasteiger partial charge is 0.476 e. The normalized spacial score (nSPS) is 20.7. The summed E-state index contributed by atoms with van der Waals surface area (Å²) < 4.78 is 0.521. The summed E-state index contributed by atoms with van der Waals surface area (Å²) in [7, 11) is 0. The summed E-state index contributed by atoms with van der Waals surface area (Å²) in [6.45, 7) is 0. The zero-order valence-corrected chi connectivity index (χ0v) is 15.1.